The zero-order chi connectivity index (χ0) is 14.5. The lowest BCUT2D eigenvalue weighted by molar-refractivity contribution is 0.623. The lowest BCUT2D eigenvalue weighted by Crippen LogP contribution is -2.20. The van der Waals surface area contributed by atoms with Gasteiger partial charge >= 0.3 is 0 Å². The average molecular weight is 293 g/mol. The van der Waals surface area contributed by atoms with E-state index in [2.05, 4.69) is 78.2 Å². The summed E-state index contributed by atoms with van der Waals surface area (Å²) in [6, 6.07) is 25.7. The van der Waals surface area contributed by atoms with Crippen molar-refractivity contribution in [2.75, 3.05) is 6.54 Å². The first-order chi connectivity index (χ1) is 10.4. The summed E-state index contributed by atoms with van der Waals surface area (Å²) >= 11 is 1.79. The lowest BCUT2D eigenvalue weighted by Gasteiger charge is -2.26. The molecule has 1 atom stereocenters. The van der Waals surface area contributed by atoms with Crippen molar-refractivity contribution in [3.05, 3.63) is 94.2 Å². The summed E-state index contributed by atoms with van der Waals surface area (Å²) in [5.41, 5.74) is 8.80. The van der Waals surface area contributed by atoms with Gasteiger partial charge in [0.1, 0.15) is 0 Å². The highest BCUT2D eigenvalue weighted by atomic mass is 32.1. The molecule has 1 heterocycles. The van der Waals surface area contributed by atoms with E-state index in [1.165, 1.54) is 16.0 Å². The van der Waals surface area contributed by atoms with E-state index in [0.29, 0.717) is 18.4 Å². The zero-order valence-electron chi connectivity index (χ0n) is 11.9. The smallest absolute Gasteiger partial charge is 0.0178 e. The van der Waals surface area contributed by atoms with Crippen LogP contribution in [0.5, 0.6) is 0 Å². The molecule has 3 rings (SSSR count). The van der Waals surface area contributed by atoms with E-state index in [9.17, 15) is 0 Å². The molecular weight excluding hydrogens is 274 g/mol. The quantitative estimate of drug-likeness (QED) is 0.729. The summed E-state index contributed by atoms with van der Waals surface area (Å²) in [6.07, 6.45) is 0. The lowest BCUT2D eigenvalue weighted by atomic mass is 9.80. The van der Waals surface area contributed by atoms with E-state index in [-0.39, 0.29) is 0 Å². The maximum atomic E-state index is 6.15. The molecule has 0 saturated carbocycles. The van der Waals surface area contributed by atoms with Gasteiger partial charge in [0, 0.05) is 23.3 Å². The van der Waals surface area contributed by atoms with Crippen molar-refractivity contribution < 1.29 is 0 Å². The van der Waals surface area contributed by atoms with Gasteiger partial charge in [-0.2, -0.15) is 0 Å². The predicted octanol–water partition coefficient (Wildman–Crippen LogP) is 4.62. The summed E-state index contributed by atoms with van der Waals surface area (Å²) < 4.78 is 0. The Kier molecular flexibility index (Phi) is 4.49. The molecule has 21 heavy (non-hydrogen) atoms. The van der Waals surface area contributed by atoms with E-state index in [0.717, 1.165) is 0 Å². The molecule has 0 radical (unpaired) electrons. The highest BCUT2D eigenvalue weighted by Crippen LogP contribution is 2.39. The minimum atomic E-state index is 0.302. The average Bonchev–Trinajstić information content (AvgIpc) is 3.08. The van der Waals surface area contributed by atoms with Crippen LogP contribution in [0, 0.1) is 0 Å². The van der Waals surface area contributed by atoms with Crippen molar-refractivity contribution in [1.82, 2.24) is 0 Å². The van der Waals surface area contributed by atoms with E-state index < -0.39 is 0 Å². The molecule has 0 aliphatic rings. The van der Waals surface area contributed by atoms with Crippen molar-refractivity contribution in [1.29, 1.82) is 0 Å². The van der Waals surface area contributed by atoms with Crippen LogP contribution in [0.25, 0.3) is 0 Å². The fraction of sp³-hybridized carbons (Fsp3) is 0.158. The normalized spacial score (nSPS) is 12.5. The Morgan fingerprint density at radius 3 is 1.76 bits per heavy atom. The molecule has 0 amide bonds. The van der Waals surface area contributed by atoms with Crippen molar-refractivity contribution in [2.45, 2.75) is 11.8 Å². The van der Waals surface area contributed by atoms with Crippen LogP contribution in [-0.2, 0) is 0 Å². The van der Waals surface area contributed by atoms with Crippen LogP contribution in [0.15, 0.2) is 78.2 Å². The minimum absolute atomic E-state index is 0.302. The van der Waals surface area contributed by atoms with E-state index in [4.69, 9.17) is 5.73 Å². The second kappa shape index (κ2) is 6.70. The number of hydrogen-bond acceptors (Lipinski definition) is 2. The zero-order valence-corrected chi connectivity index (χ0v) is 12.7. The van der Waals surface area contributed by atoms with Gasteiger partial charge in [0.2, 0.25) is 0 Å². The third kappa shape index (κ3) is 3.07. The Labute approximate surface area is 130 Å². The monoisotopic (exact) mass is 293 g/mol. The standard InChI is InChI=1S/C19H19NS/c20-14-17(18-12-7-13-21-18)19(15-8-3-1-4-9-15)16-10-5-2-6-11-16/h1-13,17,19H,14,20H2. The Morgan fingerprint density at radius 1 is 0.762 bits per heavy atom. The van der Waals surface area contributed by atoms with Gasteiger partial charge in [-0.1, -0.05) is 66.7 Å². The van der Waals surface area contributed by atoms with Gasteiger partial charge in [-0.3, -0.25) is 0 Å². The molecule has 1 aromatic heterocycles. The maximum absolute atomic E-state index is 6.15. The molecule has 0 aliphatic heterocycles. The molecule has 2 aromatic carbocycles. The Bertz CT molecular complexity index is 607. The Hall–Kier alpha value is -1.90. The summed E-state index contributed by atoms with van der Waals surface area (Å²) in [7, 11) is 0. The maximum Gasteiger partial charge on any atom is 0.0178 e. The number of hydrogen-bond donors (Lipinski definition) is 1. The number of rotatable bonds is 5. The van der Waals surface area contributed by atoms with E-state index >= 15 is 0 Å². The summed E-state index contributed by atoms with van der Waals surface area (Å²) in [5.74, 6) is 0.617. The van der Waals surface area contributed by atoms with Crippen LogP contribution in [-0.4, -0.2) is 6.54 Å². The first kappa shape index (κ1) is 14.1. The third-order valence-corrected chi connectivity index (χ3v) is 4.89. The molecule has 0 spiro atoms. The van der Waals surface area contributed by atoms with Crippen LogP contribution >= 0.6 is 11.3 Å². The number of thiophene rings is 1. The summed E-state index contributed by atoms with van der Waals surface area (Å²) in [4.78, 5) is 1.36. The van der Waals surface area contributed by atoms with Gasteiger partial charge in [0.05, 0.1) is 0 Å². The van der Waals surface area contributed by atoms with E-state index in [1.54, 1.807) is 11.3 Å². The summed E-state index contributed by atoms with van der Waals surface area (Å²) in [5, 5.41) is 2.13. The molecule has 1 nitrogen and oxygen atoms in total. The van der Waals surface area contributed by atoms with Gasteiger partial charge in [-0.05, 0) is 22.6 Å². The largest absolute Gasteiger partial charge is 0.330 e. The highest BCUT2D eigenvalue weighted by Gasteiger charge is 2.25. The number of nitrogens with two attached hydrogens (primary N) is 1. The highest BCUT2D eigenvalue weighted by molar-refractivity contribution is 7.10. The van der Waals surface area contributed by atoms with E-state index in [1.807, 2.05) is 0 Å². The van der Waals surface area contributed by atoms with Crippen molar-refractivity contribution in [2.24, 2.45) is 5.73 Å². The molecular formula is C19H19NS. The van der Waals surface area contributed by atoms with Gasteiger partial charge in [0.25, 0.3) is 0 Å². The van der Waals surface area contributed by atoms with Crippen molar-refractivity contribution in [3.63, 3.8) is 0 Å². The second-order valence-electron chi connectivity index (χ2n) is 5.16. The first-order valence-corrected chi connectivity index (χ1v) is 8.11. The van der Waals surface area contributed by atoms with Crippen LogP contribution in [0.4, 0.5) is 0 Å². The van der Waals surface area contributed by atoms with Crippen molar-refractivity contribution in [3.8, 4) is 0 Å². The predicted molar refractivity (Wildman–Crippen MR) is 90.8 cm³/mol. The molecule has 106 valence electrons. The van der Waals surface area contributed by atoms with Gasteiger partial charge < -0.3 is 5.73 Å². The fourth-order valence-corrected chi connectivity index (χ4v) is 3.78. The molecule has 2 heteroatoms. The van der Waals surface area contributed by atoms with Gasteiger partial charge in [-0.25, -0.2) is 0 Å². The SMILES string of the molecule is NCC(c1cccs1)C(c1ccccc1)c1ccccc1. The van der Waals surface area contributed by atoms with Gasteiger partial charge in [0.15, 0.2) is 0 Å². The molecule has 0 fully saturated rings. The summed E-state index contributed by atoms with van der Waals surface area (Å²) in [6.45, 7) is 0.648. The van der Waals surface area contributed by atoms with Crippen LogP contribution in [0.3, 0.4) is 0 Å². The van der Waals surface area contributed by atoms with Crippen LogP contribution in [0.1, 0.15) is 27.8 Å². The first-order valence-electron chi connectivity index (χ1n) is 7.23. The molecule has 1 unspecified atom stereocenters. The molecule has 2 N–H and O–H groups in total. The molecule has 0 saturated heterocycles. The molecule has 0 bridgehead atoms. The fourth-order valence-electron chi connectivity index (χ4n) is 2.90. The van der Waals surface area contributed by atoms with Gasteiger partial charge in [-0.15, -0.1) is 11.3 Å². The topological polar surface area (TPSA) is 26.0 Å². The molecule has 0 aliphatic carbocycles. The Balaban J connectivity index is 2.08. The second-order valence-corrected chi connectivity index (χ2v) is 6.14. The minimum Gasteiger partial charge on any atom is -0.330 e. The van der Waals surface area contributed by atoms with Crippen LogP contribution in [0.2, 0.25) is 0 Å². The molecule has 3 aromatic rings. The Morgan fingerprint density at radius 2 is 1.33 bits per heavy atom. The third-order valence-electron chi connectivity index (χ3n) is 3.88. The number of benzene rings is 2. The van der Waals surface area contributed by atoms with Crippen molar-refractivity contribution >= 4 is 11.3 Å². The van der Waals surface area contributed by atoms with Crippen LogP contribution < -0.4 is 5.73 Å².